The Balaban J connectivity index is 2.38. The molecular weight excluding hydrogens is 314 g/mol. The van der Waals surface area contributed by atoms with E-state index in [-0.39, 0.29) is 0 Å². The van der Waals surface area contributed by atoms with E-state index in [0.29, 0.717) is 17.4 Å². The van der Waals surface area contributed by atoms with Crippen LogP contribution in [0.3, 0.4) is 0 Å². The van der Waals surface area contributed by atoms with Crippen LogP contribution in [0, 0.1) is 5.92 Å². The van der Waals surface area contributed by atoms with Gasteiger partial charge in [0.2, 0.25) is 0 Å². The molecule has 0 heterocycles. The second-order valence-electron chi connectivity index (χ2n) is 6.23. The summed E-state index contributed by atoms with van der Waals surface area (Å²) in [5.41, 5.74) is 10.1. The molecule has 0 saturated heterocycles. The summed E-state index contributed by atoms with van der Waals surface area (Å²) in [6.45, 7) is 4.37. The maximum absolute atomic E-state index is 6.04. The summed E-state index contributed by atoms with van der Waals surface area (Å²) in [4.78, 5) is 0. The molecule has 0 unspecified atom stereocenters. The number of hydrogen-bond acceptors (Lipinski definition) is 4. The number of hydrogen-bond donors (Lipinski definition) is 1. The predicted octanol–water partition coefficient (Wildman–Crippen LogP) is 4.58. The molecule has 2 aromatic carbocycles. The Labute approximate surface area is 150 Å². The van der Waals surface area contributed by atoms with Crippen molar-refractivity contribution < 1.29 is 14.2 Å². The topological polar surface area (TPSA) is 53.7 Å². The largest absolute Gasteiger partial charge is 0.497 e. The maximum Gasteiger partial charge on any atom is 0.141 e. The molecule has 0 aromatic heterocycles. The molecule has 0 aliphatic heterocycles. The van der Waals surface area contributed by atoms with E-state index in [1.807, 2.05) is 36.4 Å². The summed E-state index contributed by atoms with van der Waals surface area (Å²) in [6.07, 6.45) is 2.98. The zero-order chi connectivity index (χ0) is 18.4. The SMILES string of the molecule is COc1ccc(OC)c(/C=C(\Cc2ccc(OC)c(N)c2)C(C)C)c1. The second-order valence-corrected chi connectivity index (χ2v) is 6.23. The number of nitrogens with two attached hydrogens (primary N) is 1. The predicted molar refractivity (Wildman–Crippen MR) is 103 cm³/mol. The molecule has 0 atom stereocenters. The molecule has 0 spiro atoms. The Kier molecular flexibility index (Phi) is 6.34. The normalized spacial score (nSPS) is 11.5. The van der Waals surface area contributed by atoms with E-state index in [1.54, 1.807) is 21.3 Å². The van der Waals surface area contributed by atoms with Crippen LogP contribution in [0.25, 0.3) is 6.08 Å². The minimum absolute atomic E-state index is 0.388. The molecule has 0 saturated carbocycles. The molecule has 25 heavy (non-hydrogen) atoms. The average Bonchev–Trinajstić information content (AvgIpc) is 2.61. The number of rotatable bonds is 7. The summed E-state index contributed by atoms with van der Waals surface area (Å²) in [5, 5.41) is 0. The van der Waals surface area contributed by atoms with E-state index in [4.69, 9.17) is 19.9 Å². The highest BCUT2D eigenvalue weighted by Gasteiger charge is 2.10. The van der Waals surface area contributed by atoms with Crippen LogP contribution >= 0.6 is 0 Å². The first-order valence-corrected chi connectivity index (χ1v) is 8.33. The van der Waals surface area contributed by atoms with Crippen LogP contribution in [-0.2, 0) is 6.42 Å². The molecular formula is C21H27NO3. The van der Waals surface area contributed by atoms with Crippen molar-refractivity contribution >= 4 is 11.8 Å². The number of anilines is 1. The van der Waals surface area contributed by atoms with Crippen molar-refractivity contribution in [1.82, 2.24) is 0 Å². The fourth-order valence-electron chi connectivity index (χ4n) is 2.70. The molecule has 4 nitrogen and oxygen atoms in total. The van der Waals surface area contributed by atoms with E-state index in [2.05, 4.69) is 19.9 Å². The van der Waals surface area contributed by atoms with Crippen molar-refractivity contribution in [2.75, 3.05) is 27.1 Å². The van der Waals surface area contributed by atoms with Gasteiger partial charge >= 0.3 is 0 Å². The van der Waals surface area contributed by atoms with Crippen molar-refractivity contribution in [3.63, 3.8) is 0 Å². The third-order valence-electron chi connectivity index (χ3n) is 4.22. The van der Waals surface area contributed by atoms with Gasteiger partial charge in [0.1, 0.15) is 17.2 Å². The van der Waals surface area contributed by atoms with E-state index >= 15 is 0 Å². The Hall–Kier alpha value is -2.62. The van der Waals surface area contributed by atoms with Gasteiger partial charge < -0.3 is 19.9 Å². The smallest absolute Gasteiger partial charge is 0.141 e. The molecule has 4 heteroatoms. The van der Waals surface area contributed by atoms with Gasteiger partial charge in [-0.3, -0.25) is 0 Å². The number of nitrogen functional groups attached to an aromatic ring is 1. The van der Waals surface area contributed by atoms with Gasteiger partial charge in [0.15, 0.2) is 0 Å². The van der Waals surface area contributed by atoms with Crippen molar-refractivity contribution in [3.05, 3.63) is 53.1 Å². The summed E-state index contributed by atoms with van der Waals surface area (Å²) in [7, 11) is 4.97. The van der Waals surface area contributed by atoms with E-state index in [0.717, 1.165) is 29.0 Å². The van der Waals surface area contributed by atoms with Crippen LogP contribution in [0.2, 0.25) is 0 Å². The molecule has 2 N–H and O–H groups in total. The zero-order valence-corrected chi connectivity index (χ0v) is 15.6. The molecule has 0 aliphatic rings. The van der Waals surface area contributed by atoms with Crippen LogP contribution in [0.5, 0.6) is 17.2 Å². The van der Waals surface area contributed by atoms with Gasteiger partial charge in [0.25, 0.3) is 0 Å². The van der Waals surface area contributed by atoms with Crippen molar-refractivity contribution in [3.8, 4) is 17.2 Å². The molecule has 0 fully saturated rings. The Morgan fingerprint density at radius 2 is 1.64 bits per heavy atom. The zero-order valence-electron chi connectivity index (χ0n) is 15.6. The Morgan fingerprint density at radius 1 is 0.960 bits per heavy atom. The third kappa shape index (κ3) is 4.69. The van der Waals surface area contributed by atoms with Gasteiger partial charge in [0, 0.05) is 5.56 Å². The van der Waals surface area contributed by atoms with Crippen LogP contribution in [-0.4, -0.2) is 21.3 Å². The summed E-state index contributed by atoms with van der Waals surface area (Å²) in [5.74, 6) is 2.73. The first-order valence-electron chi connectivity index (χ1n) is 8.33. The minimum atomic E-state index is 0.388. The third-order valence-corrected chi connectivity index (χ3v) is 4.22. The highest BCUT2D eigenvalue weighted by Crippen LogP contribution is 2.30. The van der Waals surface area contributed by atoms with Crippen LogP contribution in [0.4, 0.5) is 5.69 Å². The quantitative estimate of drug-likeness (QED) is 0.749. The fraction of sp³-hybridized carbons (Fsp3) is 0.333. The molecule has 2 rings (SSSR count). The standard InChI is InChI=1S/C21H27NO3/c1-14(2)16(10-15-6-8-21(25-5)19(22)11-15)12-17-13-18(23-3)7-9-20(17)24-4/h6-9,11-14H,10,22H2,1-5H3/b16-12+. The van der Waals surface area contributed by atoms with Crippen LogP contribution in [0.15, 0.2) is 42.0 Å². The molecule has 0 radical (unpaired) electrons. The lowest BCUT2D eigenvalue weighted by atomic mass is 9.93. The molecule has 134 valence electrons. The van der Waals surface area contributed by atoms with Crippen molar-refractivity contribution in [2.24, 2.45) is 5.92 Å². The molecule has 0 amide bonds. The van der Waals surface area contributed by atoms with Gasteiger partial charge in [-0.15, -0.1) is 0 Å². The highest BCUT2D eigenvalue weighted by molar-refractivity contribution is 5.63. The average molecular weight is 341 g/mol. The minimum Gasteiger partial charge on any atom is -0.497 e. The maximum atomic E-state index is 6.04. The van der Waals surface area contributed by atoms with Gasteiger partial charge in [-0.2, -0.15) is 0 Å². The van der Waals surface area contributed by atoms with Crippen molar-refractivity contribution in [2.45, 2.75) is 20.3 Å². The van der Waals surface area contributed by atoms with Gasteiger partial charge in [-0.05, 0) is 48.2 Å². The van der Waals surface area contributed by atoms with Crippen LogP contribution in [0.1, 0.15) is 25.0 Å². The number of ether oxygens (including phenoxy) is 3. The number of methoxy groups -OCH3 is 3. The number of benzene rings is 2. The Bertz CT molecular complexity index is 751. The second kappa shape index (κ2) is 8.47. The molecule has 0 bridgehead atoms. The summed E-state index contributed by atoms with van der Waals surface area (Å²) >= 11 is 0. The lowest BCUT2D eigenvalue weighted by molar-refractivity contribution is 0.402. The number of allylic oxidation sites excluding steroid dienone is 1. The van der Waals surface area contributed by atoms with E-state index in [9.17, 15) is 0 Å². The lowest BCUT2D eigenvalue weighted by Crippen LogP contribution is -2.01. The van der Waals surface area contributed by atoms with E-state index < -0.39 is 0 Å². The monoisotopic (exact) mass is 341 g/mol. The van der Waals surface area contributed by atoms with Crippen molar-refractivity contribution in [1.29, 1.82) is 0 Å². The van der Waals surface area contributed by atoms with Crippen LogP contribution < -0.4 is 19.9 Å². The van der Waals surface area contributed by atoms with E-state index in [1.165, 1.54) is 5.57 Å². The van der Waals surface area contributed by atoms with Gasteiger partial charge in [-0.25, -0.2) is 0 Å². The first kappa shape index (κ1) is 18.7. The summed E-state index contributed by atoms with van der Waals surface area (Å²) < 4.78 is 16.1. The summed E-state index contributed by atoms with van der Waals surface area (Å²) in [6, 6.07) is 11.7. The van der Waals surface area contributed by atoms with Gasteiger partial charge in [0.05, 0.1) is 27.0 Å². The fourth-order valence-corrected chi connectivity index (χ4v) is 2.70. The Morgan fingerprint density at radius 3 is 2.20 bits per heavy atom. The highest BCUT2D eigenvalue weighted by atomic mass is 16.5. The first-order chi connectivity index (χ1) is 12.0. The molecule has 2 aromatic rings. The van der Waals surface area contributed by atoms with Gasteiger partial charge in [-0.1, -0.05) is 31.6 Å². The lowest BCUT2D eigenvalue weighted by Gasteiger charge is -2.15. The molecule has 0 aliphatic carbocycles.